The third-order valence-corrected chi connectivity index (χ3v) is 4.11. The van der Waals surface area contributed by atoms with Crippen molar-refractivity contribution in [3.05, 3.63) is 35.4 Å². The molecule has 2 nitrogen and oxygen atoms in total. The molecule has 0 saturated heterocycles. The molecular weight excluding hydrogens is 234 g/mol. The standard InChI is InChI=1S/C14H20F2N2/c1-9-3-2-4-12(9)14(18-17)8-10-7-11(15)5-6-13(10)16/h5-7,9,12,14,18H,2-4,8,17H2,1H3. The van der Waals surface area contributed by atoms with Crippen LogP contribution in [0.2, 0.25) is 0 Å². The molecule has 1 aromatic rings. The lowest BCUT2D eigenvalue weighted by atomic mass is 9.87. The van der Waals surface area contributed by atoms with E-state index < -0.39 is 5.82 Å². The molecule has 1 aliphatic carbocycles. The Labute approximate surface area is 107 Å². The molecule has 1 fully saturated rings. The summed E-state index contributed by atoms with van der Waals surface area (Å²) in [6.45, 7) is 2.20. The van der Waals surface area contributed by atoms with Crippen molar-refractivity contribution in [3.63, 3.8) is 0 Å². The maximum absolute atomic E-state index is 13.6. The minimum atomic E-state index is -0.401. The highest BCUT2D eigenvalue weighted by Crippen LogP contribution is 2.34. The predicted molar refractivity (Wildman–Crippen MR) is 67.7 cm³/mol. The van der Waals surface area contributed by atoms with Crippen molar-refractivity contribution in [2.75, 3.05) is 0 Å². The van der Waals surface area contributed by atoms with Gasteiger partial charge in [-0.1, -0.05) is 19.8 Å². The highest BCUT2D eigenvalue weighted by atomic mass is 19.1. The maximum Gasteiger partial charge on any atom is 0.126 e. The smallest absolute Gasteiger partial charge is 0.126 e. The molecule has 0 bridgehead atoms. The molecule has 0 aliphatic heterocycles. The predicted octanol–water partition coefficient (Wildman–Crippen LogP) is 2.78. The van der Waals surface area contributed by atoms with Crippen molar-refractivity contribution < 1.29 is 8.78 Å². The third kappa shape index (κ3) is 2.87. The minimum absolute atomic E-state index is 0.0128. The van der Waals surface area contributed by atoms with E-state index in [1.807, 2.05) is 0 Å². The van der Waals surface area contributed by atoms with Gasteiger partial charge in [0.25, 0.3) is 0 Å². The number of nitrogens with two attached hydrogens (primary N) is 1. The van der Waals surface area contributed by atoms with Gasteiger partial charge in [-0.05, 0) is 48.4 Å². The molecule has 2 rings (SSSR count). The van der Waals surface area contributed by atoms with Crippen LogP contribution in [0, 0.1) is 23.5 Å². The fraction of sp³-hybridized carbons (Fsp3) is 0.571. The SMILES string of the molecule is CC1CCCC1C(Cc1cc(F)ccc1F)NN. The monoisotopic (exact) mass is 254 g/mol. The second kappa shape index (κ2) is 5.76. The molecule has 0 amide bonds. The van der Waals surface area contributed by atoms with Crippen molar-refractivity contribution in [1.82, 2.24) is 5.43 Å². The van der Waals surface area contributed by atoms with Gasteiger partial charge in [0.1, 0.15) is 11.6 Å². The molecule has 3 N–H and O–H groups in total. The van der Waals surface area contributed by atoms with Gasteiger partial charge in [-0.3, -0.25) is 11.3 Å². The number of hydrogen-bond acceptors (Lipinski definition) is 2. The number of nitrogens with one attached hydrogen (secondary N) is 1. The van der Waals surface area contributed by atoms with E-state index in [1.54, 1.807) is 0 Å². The van der Waals surface area contributed by atoms with Crippen LogP contribution in [0.4, 0.5) is 8.78 Å². The molecule has 4 heteroatoms. The largest absolute Gasteiger partial charge is 0.271 e. The van der Waals surface area contributed by atoms with Gasteiger partial charge in [-0.2, -0.15) is 0 Å². The second-order valence-corrected chi connectivity index (χ2v) is 5.29. The summed E-state index contributed by atoms with van der Waals surface area (Å²) in [4.78, 5) is 0. The fourth-order valence-corrected chi connectivity index (χ4v) is 3.04. The topological polar surface area (TPSA) is 38.0 Å². The van der Waals surface area contributed by atoms with Crippen LogP contribution in [-0.4, -0.2) is 6.04 Å². The summed E-state index contributed by atoms with van der Waals surface area (Å²) in [5, 5.41) is 0. The van der Waals surface area contributed by atoms with Crippen LogP contribution in [0.25, 0.3) is 0 Å². The second-order valence-electron chi connectivity index (χ2n) is 5.29. The van der Waals surface area contributed by atoms with Crippen LogP contribution in [0.1, 0.15) is 31.7 Å². The van der Waals surface area contributed by atoms with Gasteiger partial charge >= 0.3 is 0 Å². The first-order valence-electron chi connectivity index (χ1n) is 6.52. The van der Waals surface area contributed by atoms with Gasteiger partial charge in [0.2, 0.25) is 0 Å². The number of benzene rings is 1. The summed E-state index contributed by atoms with van der Waals surface area (Å²) in [6, 6.07) is 3.59. The zero-order chi connectivity index (χ0) is 13.1. The van der Waals surface area contributed by atoms with E-state index in [-0.39, 0.29) is 11.9 Å². The number of rotatable bonds is 4. The van der Waals surface area contributed by atoms with Crippen LogP contribution in [0.15, 0.2) is 18.2 Å². The molecule has 100 valence electrons. The average molecular weight is 254 g/mol. The van der Waals surface area contributed by atoms with E-state index in [0.29, 0.717) is 23.8 Å². The van der Waals surface area contributed by atoms with Crippen LogP contribution < -0.4 is 11.3 Å². The van der Waals surface area contributed by atoms with Crippen molar-refractivity contribution >= 4 is 0 Å². The lowest BCUT2D eigenvalue weighted by molar-refractivity contribution is 0.295. The molecule has 0 heterocycles. The summed E-state index contributed by atoms with van der Waals surface area (Å²) >= 11 is 0. The lowest BCUT2D eigenvalue weighted by Crippen LogP contribution is -2.43. The summed E-state index contributed by atoms with van der Waals surface area (Å²) in [6.07, 6.45) is 3.92. The molecular formula is C14H20F2N2. The van der Waals surface area contributed by atoms with E-state index in [2.05, 4.69) is 12.3 Å². The lowest BCUT2D eigenvalue weighted by Gasteiger charge is -2.26. The summed E-state index contributed by atoms with van der Waals surface area (Å²) in [7, 11) is 0. The van der Waals surface area contributed by atoms with E-state index >= 15 is 0 Å². The van der Waals surface area contributed by atoms with Crippen molar-refractivity contribution in [3.8, 4) is 0 Å². The van der Waals surface area contributed by atoms with E-state index in [0.717, 1.165) is 12.5 Å². The van der Waals surface area contributed by atoms with Crippen molar-refractivity contribution in [2.24, 2.45) is 17.7 Å². The Hall–Kier alpha value is -1.00. The fourth-order valence-electron chi connectivity index (χ4n) is 3.04. The molecule has 0 radical (unpaired) electrons. The van der Waals surface area contributed by atoms with Crippen LogP contribution >= 0.6 is 0 Å². The highest BCUT2D eigenvalue weighted by Gasteiger charge is 2.30. The van der Waals surface area contributed by atoms with Gasteiger partial charge in [0.15, 0.2) is 0 Å². The van der Waals surface area contributed by atoms with Crippen LogP contribution in [0.3, 0.4) is 0 Å². The Morgan fingerprint density at radius 1 is 1.39 bits per heavy atom. The molecule has 0 aromatic heterocycles. The van der Waals surface area contributed by atoms with E-state index in [1.165, 1.54) is 25.0 Å². The first-order chi connectivity index (χ1) is 8.61. The quantitative estimate of drug-likeness (QED) is 0.640. The Bertz CT molecular complexity index is 409. The van der Waals surface area contributed by atoms with Gasteiger partial charge in [-0.15, -0.1) is 0 Å². The van der Waals surface area contributed by atoms with Gasteiger partial charge in [-0.25, -0.2) is 8.78 Å². The molecule has 18 heavy (non-hydrogen) atoms. The molecule has 1 saturated carbocycles. The Kier molecular flexibility index (Phi) is 4.30. The number of hydrogen-bond donors (Lipinski definition) is 2. The molecule has 1 aromatic carbocycles. The molecule has 1 aliphatic rings. The highest BCUT2D eigenvalue weighted by molar-refractivity contribution is 5.20. The van der Waals surface area contributed by atoms with Gasteiger partial charge in [0, 0.05) is 6.04 Å². The Morgan fingerprint density at radius 2 is 2.17 bits per heavy atom. The summed E-state index contributed by atoms with van der Waals surface area (Å²) in [5.41, 5.74) is 3.18. The molecule has 3 atom stereocenters. The Balaban J connectivity index is 2.12. The van der Waals surface area contributed by atoms with E-state index in [4.69, 9.17) is 5.84 Å². The summed E-state index contributed by atoms with van der Waals surface area (Å²) < 4.78 is 26.8. The van der Waals surface area contributed by atoms with Crippen molar-refractivity contribution in [2.45, 2.75) is 38.6 Å². The zero-order valence-corrected chi connectivity index (χ0v) is 10.6. The normalized spacial score (nSPS) is 25.3. The first-order valence-corrected chi connectivity index (χ1v) is 6.52. The van der Waals surface area contributed by atoms with Crippen LogP contribution in [0.5, 0.6) is 0 Å². The third-order valence-electron chi connectivity index (χ3n) is 4.11. The first kappa shape index (κ1) is 13.4. The number of halogens is 2. The van der Waals surface area contributed by atoms with E-state index in [9.17, 15) is 8.78 Å². The van der Waals surface area contributed by atoms with Crippen LogP contribution in [-0.2, 0) is 6.42 Å². The van der Waals surface area contributed by atoms with Crippen molar-refractivity contribution in [1.29, 1.82) is 0 Å². The average Bonchev–Trinajstić information content (AvgIpc) is 2.77. The van der Waals surface area contributed by atoms with Gasteiger partial charge in [0.05, 0.1) is 0 Å². The number of hydrazine groups is 1. The van der Waals surface area contributed by atoms with Gasteiger partial charge < -0.3 is 0 Å². The zero-order valence-electron chi connectivity index (χ0n) is 10.6. The summed E-state index contributed by atoms with van der Waals surface area (Å²) in [5.74, 6) is 5.85. The minimum Gasteiger partial charge on any atom is -0.271 e. The Morgan fingerprint density at radius 3 is 2.78 bits per heavy atom. The molecule has 3 unspecified atom stereocenters. The molecule has 0 spiro atoms. The maximum atomic E-state index is 13.6.